The first-order valence-electron chi connectivity index (χ1n) is 12.5. The number of carboxylic acid groups (broad SMARTS) is 1. The third-order valence-electron chi connectivity index (χ3n) is 8.47. The molecule has 2 unspecified atom stereocenters. The zero-order chi connectivity index (χ0) is 26.6. The SMILES string of the molecule is C=CCN(C(=O)C1N([C@@H](CO)C(C)C)C(=O)[C@@H]2[C@H](C(=O)O)[C@]3(CC)CCC12O3)c1c(C)cccc1Cl. The molecule has 2 N–H and O–H groups in total. The Hall–Kier alpha value is -2.42. The molecule has 36 heavy (non-hydrogen) atoms. The second-order valence-electron chi connectivity index (χ2n) is 10.6. The first-order chi connectivity index (χ1) is 17.0. The highest BCUT2D eigenvalue weighted by atomic mass is 35.5. The van der Waals surface area contributed by atoms with Gasteiger partial charge in [0.1, 0.15) is 17.6 Å². The highest BCUT2D eigenvalue weighted by Gasteiger charge is 2.79. The standard InChI is InChI=1S/C27H35ClN2O6/c1-6-13-29(21-16(5)9-8-10-17(21)28)24(33)22-27-12-11-26(7-2,36-27)20(25(34)35)19(27)23(32)30(22)18(14-31)15(3)4/h6,8-10,15,18-20,22,31H,1,7,11-14H2,2-5H3,(H,34,35)/t18-,19-,20+,22?,26-,27?/m0/s1. The molecule has 0 aliphatic carbocycles. The maximum absolute atomic E-state index is 14.6. The smallest absolute Gasteiger partial charge is 0.310 e. The molecule has 2 amide bonds. The van der Waals surface area contributed by atoms with Gasteiger partial charge in [-0.1, -0.05) is 50.6 Å². The van der Waals surface area contributed by atoms with Crippen LogP contribution in [0.2, 0.25) is 5.02 Å². The number of carboxylic acids is 1. The highest BCUT2D eigenvalue weighted by molar-refractivity contribution is 6.34. The number of fused-ring (bicyclic) bond motifs is 1. The van der Waals surface area contributed by atoms with Crippen LogP contribution in [0, 0.1) is 24.7 Å². The fraction of sp³-hybridized carbons (Fsp3) is 0.593. The van der Waals surface area contributed by atoms with E-state index in [4.69, 9.17) is 16.3 Å². The third-order valence-corrected chi connectivity index (χ3v) is 8.77. The van der Waals surface area contributed by atoms with E-state index in [0.29, 0.717) is 30.0 Å². The molecule has 8 nitrogen and oxygen atoms in total. The van der Waals surface area contributed by atoms with Gasteiger partial charge in [-0.25, -0.2) is 0 Å². The minimum Gasteiger partial charge on any atom is -0.481 e. The summed E-state index contributed by atoms with van der Waals surface area (Å²) in [5.41, 5.74) is -1.03. The topological polar surface area (TPSA) is 107 Å². The highest BCUT2D eigenvalue weighted by Crippen LogP contribution is 2.64. The number of halogens is 1. The number of aliphatic hydroxyl groups is 1. The first kappa shape index (κ1) is 26.6. The third kappa shape index (κ3) is 3.60. The number of ether oxygens (including phenoxy) is 1. The first-order valence-corrected chi connectivity index (χ1v) is 12.9. The Bertz CT molecular complexity index is 1070. The minimum atomic E-state index is -1.30. The van der Waals surface area contributed by atoms with Gasteiger partial charge in [0, 0.05) is 6.54 Å². The van der Waals surface area contributed by atoms with E-state index in [1.54, 1.807) is 18.2 Å². The van der Waals surface area contributed by atoms with Crippen LogP contribution in [0.15, 0.2) is 30.9 Å². The predicted molar refractivity (Wildman–Crippen MR) is 136 cm³/mol. The Morgan fingerprint density at radius 2 is 2.06 bits per heavy atom. The molecule has 1 aromatic carbocycles. The van der Waals surface area contributed by atoms with Crippen molar-refractivity contribution in [2.75, 3.05) is 18.1 Å². The van der Waals surface area contributed by atoms with E-state index >= 15 is 0 Å². The zero-order valence-corrected chi connectivity index (χ0v) is 22.0. The molecule has 4 rings (SSSR count). The van der Waals surface area contributed by atoms with Crippen molar-refractivity contribution in [3.8, 4) is 0 Å². The lowest BCUT2D eigenvalue weighted by molar-refractivity contribution is -0.158. The number of aliphatic hydroxyl groups excluding tert-OH is 1. The van der Waals surface area contributed by atoms with Crippen LogP contribution in [-0.4, -0.2) is 69.3 Å². The van der Waals surface area contributed by atoms with Crippen LogP contribution < -0.4 is 4.90 Å². The number of aliphatic carboxylic acids is 1. The molecule has 3 saturated heterocycles. The Morgan fingerprint density at radius 3 is 2.58 bits per heavy atom. The Morgan fingerprint density at radius 1 is 1.36 bits per heavy atom. The van der Waals surface area contributed by atoms with Crippen molar-refractivity contribution >= 4 is 35.1 Å². The van der Waals surface area contributed by atoms with Crippen molar-refractivity contribution in [3.63, 3.8) is 0 Å². The maximum Gasteiger partial charge on any atom is 0.310 e. The number of likely N-dealkylation sites (tertiary alicyclic amines) is 1. The lowest BCUT2D eigenvalue weighted by Gasteiger charge is -2.41. The predicted octanol–water partition coefficient (Wildman–Crippen LogP) is 3.42. The van der Waals surface area contributed by atoms with Gasteiger partial charge in [-0.15, -0.1) is 6.58 Å². The molecule has 3 aliphatic rings. The number of hydrogen-bond donors (Lipinski definition) is 2. The average Bonchev–Trinajstić information content (AvgIpc) is 3.42. The monoisotopic (exact) mass is 518 g/mol. The molecule has 196 valence electrons. The number of hydrogen-bond acceptors (Lipinski definition) is 5. The van der Waals surface area contributed by atoms with Gasteiger partial charge in [-0.05, 0) is 43.7 Å². The van der Waals surface area contributed by atoms with E-state index in [1.165, 1.54) is 9.80 Å². The number of carbonyl (C=O) groups excluding carboxylic acids is 2. The van der Waals surface area contributed by atoms with E-state index in [-0.39, 0.29) is 19.1 Å². The molecular weight excluding hydrogens is 484 g/mol. The van der Waals surface area contributed by atoms with Crippen molar-refractivity contribution in [3.05, 3.63) is 41.4 Å². The number of amides is 2. The molecule has 3 fully saturated rings. The van der Waals surface area contributed by atoms with E-state index < -0.39 is 52.9 Å². The fourth-order valence-electron chi connectivity index (χ4n) is 6.82. The lowest BCUT2D eigenvalue weighted by Crippen LogP contribution is -2.60. The van der Waals surface area contributed by atoms with Gasteiger partial charge < -0.3 is 24.7 Å². The molecule has 9 heteroatoms. The number of rotatable bonds is 9. The van der Waals surface area contributed by atoms with E-state index in [1.807, 2.05) is 33.8 Å². The molecule has 3 aliphatic heterocycles. The summed E-state index contributed by atoms with van der Waals surface area (Å²) < 4.78 is 6.60. The second-order valence-corrected chi connectivity index (χ2v) is 11.0. The maximum atomic E-state index is 14.6. The van der Waals surface area contributed by atoms with Gasteiger partial charge in [-0.3, -0.25) is 14.4 Å². The summed E-state index contributed by atoms with van der Waals surface area (Å²) >= 11 is 6.56. The minimum absolute atomic E-state index is 0.134. The number of carbonyl (C=O) groups is 3. The summed E-state index contributed by atoms with van der Waals surface area (Å²) in [7, 11) is 0. The van der Waals surface area contributed by atoms with Crippen molar-refractivity contribution in [2.45, 2.75) is 70.2 Å². The van der Waals surface area contributed by atoms with Crippen LogP contribution in [0.4, 0.5) is 5.69 Å². The molecular formula is C27H35ClN2O6. The second kappa shape index (κ2) is 9.47. The summed E-state index contributed by atoms with van der Waals surface area (Å²) in [5.74, 6) is -4.22. The molecule has 3 heterocycles. The number of aryl methyl sites for hydroxylation is 1. The van der Waals surface area contributed by atoms with Crippen molar-refractivity contribution < 1.29 is 29.3 Å². The normalized spacial score (nSPS) is 31.6. The summed E-state index contributed by atoms with van der Waals surface area (Å²) in [6.07, 6.45) is 2.83. The van der Waals surface area contributed by atoms with Gasteiger partial charge >= 0.3 is 5.97 Å². The fourth-order valence-corrected chi connectivity index (χ4v) is 7.15. The van der Waals surface area contributed by atoms with Gasteiger partial charge in [0.2, 0.25) is 5.91 Å². The zero-order valence-electron chi connectivity index (χ0n) is 21.2. The van der Waals surface area contributed by atoms with Crippen molar-refractivity contribution in [2.24, 2.45) is 17.8 Å². The van der Waals surface area contributed by atoms with Gasteiger partial charge in [-0.2, -0.15) is 0 Å². The summed E-state index contributed by atoms with van der Waals surface area (Å²) in [4.78, 5) is 44.1. The average molecular weight is 519 g/mol. The lowest BCUT2D eigenvalue weighted by atomic mass is 9.65. The summed E-state index contributed by atoms with van der Waals surface area (Å²) in [6.45, 7) is 11.0. The number of benzene rings is 1. The van der Waals surface area contributed by atoms with Crippen LogP contribution in [-0.2, 0) is 19.1 Å². The summed E-state index contributed by atoms with van der Waals surface area (Å²) in [6, 6.07) is 3.54. The molecule has 6 atom stereocenters. The van der Waals surface area contributed by atoms with Crippen LogP contribution in [0.1, 0.15) is 45.6 Å². The Balaban J connectivity index is 1.92. The van der Waals surface area contributed by atoms with Crippen LogP contribution in [0.25, 0.3) is 0 Å². The van der Waals surface area contributed by atoms with Gasteiger partial charge in [0.15, 0.2) is 0 Å². The van der Waals surface area contributed by atoms with Crippen LogP contribution in [0.3, 0.4) is 0 Å². The molecule has 2 bridgehead atoms. The largest absolute Gasteiger partial charge is 0.481 e. The van der Waals surface area contributed by atoms with E-state index in [0.717, 1.165) is 5.56 Å². The van der Waals surface area contributed by atoms with E-state index in [9.17, 15) is 24.6 Å². The number of nitrogens with zero attached hydrogens (tertiary/aromatic N) is 2. The summed E-state index contributed by atoms with van der Waals surface area (Å²) in [5, 5.41) is 20.9. The molecule has 0 saturated carbocycles. The Labute approximate surface area is 216 Å². The van der Waals surface area contributed by atoms with E-state index in [2.05, 4.69) is 6.58 Å². The quantitative estimate of drug-likeness (QED) is 0.485. The molecule has 0 radical (unpaired) electrons. The number of anilines is 1. The Kier molecular flexibility index (Phi) is 7.01. The van der Waals surface area contributed by atoms with Gasteiger partial charge in [0.25, 0.3) is 5.91 Å². The van der Waals surface area contributed by atoms with Crippen LogP contribution >= 0.6 is 11.6 Å². The molecule has 1 spiro atoms. The molecule has 0 aromatic heterocycles. The molecule has 1 aromatic rings. The van der Waals surface area contributed by atoms with Crippen molar-refractivity contribution in [1.82, 2.24) is 4.90 Å². The number of para-hydroxylation sites is 1. The van der Waals surface area contributed by atoms with Gasteiger partial charge in [0.05, 0.1) is 34.9 Å². The van der Waals surface area contributed by atoms with Crippen molar-refractivity contribution in [1.29, 1.82) is 0 Å². The van der Waals surface area contributed by atoms with Crippen LogP contribution in [0.5, 0.6) is 0 Å².